The molecule has 0 fully saturated rings. The standard InChI is InChI=1S/C10H17N3/c1-3-5-7-8(6-4-2)10(12)13-9(7)11/h3-6H2,1-2H3,(H3,11,12,13). The zero-order valence-electron chi connectivity index (χ0n) is 8.33. The van der Waals surface area contributed by atoms with Crippen molar-refractivity contribution in [2.24, 2.45) is 0 Å². The van der Waals surface area contributed by atoms with E-state index < -0.39 is 0 Å². The van der Waals surface area contributed by atoms with E-state index in [1.54, 1.807) is 0 Å². The molecule has 0 radical (unpaired) electrons. The molecular weight excluding hydrogens is 162 g/mol. The molecule has 0 atom stereocenters. The molecule has 0 spiro atoms. The van der Waals surface area contributed by atoms with Crippen molar-refractivity contribution in [3.8, 4) is 0 Å². The van der Waals surface area contributed by atoms with Gasteiger partial charge in [-0.1, -0.05) is 26.7 Å². The molecule has 3 heteroatoms. The van der Waals surface area contributed by atoms with Crippen molar-refractivity contribution in [1.29, 1.82) is 10.8 Å². The van der Waals surface area contributed by atoms with Crippen LogP contribution in [0, 0.1) is 10.8 Å². The van der Waals surface area contributed by atoms with Crippen LogP contribution < -0.4 is 5.32 Å². The Morgan fingerprint density at radius 2 is 1.31 bits per heavy atom. The van der Waals surface area contributed by atoms with Gasteiger partial charge in [-0.2, -0.15) is 0 Å². The normalized spacial score (nSPS) is 16.8. The van der Waals surface area contributed by atoms with Crippen molar-refractivity contribution in [2.45, 2.75) is 39.5 Å². The Kier molecular flexibility index (Phi) is 3.23. The van der Waals surface area contributed by atoms with Crippen LogP contribution in [-0.2, 0) is 0 Å². The van der Waals surface area contributed by atoms with E-state index in [-0.39, 0.29) is 0 Å². The van der Waals surface area contributed by atoms with E-state index in [1.165, 1.54) is 0 Å². The summed E-state index contributed by atoms with van der Waals surface area (Å²) in [6, 6.07) is 0. The molecule has 0 unspecified atom stereocenters. The van der Waals surface area contributed by atoms with Gasteiger partial charge in [-0.3, -0.25) is 10.8 Å². The Morgan fingerprint density at radius 1 is 0.923 bits per heavy atom. The third kappa shape index (κ3) is 1.97. The zero-order valence-corrected chi connectivity index (χ0v) is 8.33. The minimum atomic E-state index is 0.440. The fraction of sp³-hybridized carbons (Fsp3) is 0.600. The molecule has 1 aliphatic rings. The van der Waals surface area contributed by atoms with Gasteiger partial charge in [0.15, 0.2) is 0 Å². The Labute approximate surface area is 79.2 Å². The summed E-state index contributed by atoms with van der Waals surface area (Å²) in [5.74, 6) is 0.880. The van der Waals surface area contributed by atoms with Gasteiger partial charge in [0.05, 0.1) is 0 Å². The maximum absolute atomic E-state index is 7.64. The second-order valence-corrected chi connectivity index (χ2v) is 3.33. The SMILES string of the molecule is CCCC1=C(CCC)C(=N)NC1=N. The first-order chi connectivity index (χ1) is 6.20. The number of rotatable bonds is 4. The molecule has 3 N–H and O–H groups in total. The average molecular weight is 179 g/mol. The molecule has 0 saturated heterocycles. The second-order valence-electron chi connectivity index (χ2n) is 3.33. The Hall–Kier alpha value is -1.12. The predicted molar refractivity (Wildman–Crippen MR) is 55.4 cm³/mol. The smallest absolute Gasteiger partial charge is 0.127 e. The van der Waals surface area contributed by atoms with Crippen LogP contribution in [0.3, 0.4) is 0 Å². The monoisotopic (exact) mass is 179 g/mol. The Bertz CT molecular complexity index is 237. The Morgan fingerprint density at radius 3 is 1.62 bits per heavy atom. The molecule has 1 aliphatic heterocycles. The topological polar surface area (TPSA) is 59.7 Å². The summed E-state index contributed by atoms with van der Waals surface area (Å²) in [6.45, 7) is 4.21. The van der Waals surface area contributed by atoms with Crippen molar-refractivity contribution in [3.05, 3.63) is 11.1 Å². The predicted octanol–water partition coefficient (Wildman–Crippen LogP) is 2.44. The average Bonchev–Trinajstić information content (AvgIpc) is 2.33. The molecule has 0 aromatic carbocycles. The summed E-state index contributed by atoms with van der Waals surface area (Å²) >= 11 is 0. The number of hydrogen-bond acceptors (Lipinski definition) is 2. The van der Waals surface area contributed by atoms with E-state index >= 15 is 0 Å². The molecule has 1 heterocycles. The molecule has 1 rings (SSSR count). The molecule has 0 saturated carbocycles. The second kappa shape index (κ2) is 4.21. The van der Waals surface area contributed by atoms with Gasteiger partial charge in [0.1, 0.15) is 11.7 Å². The number of nitrogens with one attached hydrogen (secondary N) is 3. The van der Waals surface area contributed by atoms with Crippen molar-refractivity contribution in [2.75, 3.05) is 0 Å². The molecule has 0 amide bonds. The van der Waals surface area contributed by atoms with E-state index in [4.69, 9.17) is 10.8 Å². The van der Waals surface area contributed by atoms with Gasteiger partial charge in [-0.25, -0.2) is 0 Å². The van der Waals surface area contributed by atoms with Crippen molar-refractivity contribution in [3.63, 3.8) is 0 Å². The minimum absolute atomic E-state index is 0.440. The highest BCUT2D eigenvalue weighted by molar-refractivity contribution is 6.21. The highest BCUT2D eigenvalue weighted by Crippen LogP contribution is 2.21. The lowest BCUT2D eigenvalue weighted by atomic mass is 10.0. The van der Waals surface area contributed by atoms with Crippen LogP contribution in [0.5, 0.6) is 0 Å². The fourth-order valence-electron chi connectivity index (χ4n) is 1.63. The maximum atomic E-state index is 7.64. The third-order valence-corrected chi connectivity index (χ3v) is 2.22. The largest absolute Gasteiger partial charge is 0.325 e. The lowest BCUT2D eigenvalue weighted by Gasteiger charge is -2.01. The van der Waals surface area contributed by atoms with Crippen LogP contribution in [0.1, 0.15) is 39.5 Å². The highest BCUT2D eigenvalue weighted by atomic mass is 15.0. The van der Waals surface area contributed by atoms with Gasteiger partial charge in [0.2, 0.25) is 0 Å². The quantitative estimate of drug-likeness (QED) is 0.610. The van der Waals surface area contributed by atoms with E-state index in [9.17, 15) is 0 Å². The molecule has 0 bridgehead atoms. The molecular formula is C10H17N3. The number of amidine groups is 2. The first-order valence-corrected chi connectivity index (χ1v) is 4.87. The van der Waals surface area contributed by atoms with Crippen LogP contribution in [-0.4, -0.2) is 11.7 Å². The Balaban J connectivity index is 2.88. The van der Waals surface area contributed by atoms with Crippen LogP contribution in [0.25, 0.3) is 0 Å². The highest BCUT2D eigenvalue weighted by Gasteiger charge is 2.22. The molecule has 0 aliphatic carbocycles. The minimum Gasteiger partial charge on any atom is -0.325 e. The molecule has 72 valence electrons. The molecule has 3 nitrogen and oxygen atoms in total. The van der Waals surface area contributed by atoms with Gasteiger partial charge in [-0.15, -0.1) is 0 Å². The fourth-order valence-corrected chi connectivity index (χ4v) is 1.63. The van der Waals surface area contributed by atoms with Gasteiger partial charge in [0, 0.05) is 11.1 Å². The zero-order chi connectivity index (χ0) is 9.84. The summed E-state index contributed by atoms with van der Waals surface area (Å²) in [5.41, 5.74) is 2.10. The van der Waals surface area contributed by atoms with E-state index in [0.29, 0.717) is 11.7 Å². The third-order valence-electron chi connectivity index (χ3n) is 2.22. The van der Waals surface area contributed by atoms with Crippen LogP contribution in [0.4, 0.5) is 0 Å². The van der Waals surface area contributed by atoms with Crippen LogP contribution in [0.2, 0.25) is 0 Å². The van der Waals surface area contributed by atoms with Crippen molar-refractivity contribution >= 4 is 11.7 Å². The molecule has 0 aromatic heterocycles. The lowest BCUT2D eigenvalue weighted by molar-refractivity contribution is 0.889. The summed E-state index contributed by atoms with van der Waals surface area (Å²) in [4.78, 5) is 0. The van der Waals surface area contributed by atoms with E-state index in [1.807, 2.05) is 0 Å². The summed E-state index contributed by atoms with van der Waals surface area (Å²) in [5, 5.41) is 18.1. The van der Waals surface area contributed by atoms with E-state index in [0.717, 1.165) is 36.8 Å². The number of hydrogen-bond donors (Lipinski definition) is 3. The van der Waals surface area contributed by atoms with Crippen molar-refractivity contribution in [1.82, 2.24) is 5.32 Å². The summed E-state index contributed by atoms with van der Waals surface area (Å²) in [6.07, 6.45) is 3.92. The maximum Gasteiger partial charge on any atom is 0.127 e. The van der Waals surface area contributed by atoms with Gasteiger partial charge in [-0.05, 0) is 12.8 Å². The van der Waals surface area contributed by atoms with Gasteiger partial charge >= 0.3 is 0 Å². The van der Waals surface area contributed by atoms with Crippen LogP contribution >= 0.6 is 0 Å². The van der Waals surface area contributed by atoms with Crippen molar-refractivity contribution < 1.29 is 0 Å². The summed E-state index contributed by atoms with van der Waals surface area (Å²) in [7, 11) is 0. The summed E-state index contributed by atoms with van der Waals surface area (Å²) < 4.78 is 0. The lowest BCUT2D eigenvalue weighted by Crippen LogP contribution is -2.22. The molecule has 0 aromatic rings. The van der Waals surface area contributed by atoms with Crippen LogP contribution in [0.15, 0.2) is 11.1 Å². The van der Waals surface area contributed by atoms with E-state index in [2.05, 4.69) is 19.2 Å². The van der Waals surface area contributed by atoms with Gasteiger partial charge in [0.25, 0.3) is 0 Å². The first-order valence-electron chi connectivity index (χ1n) is 4.87. The first kappa shape index (κ1) is 9.96. The molecule has 13 heavy (non-hydrogen) atoms. The van der Waals surface area contributed by atoms with Gasteiger partial charge < -0.3 is 5.32 Å².